The largest absolute Gasteiger partial charge is 0.477 e. The van der Waals surface area contributed by atoms with Crippen LogP contribution in [0.3, 0.4) is 0 Å². The molecule has 3 rings (SSSR count). The zero-order chi connectivity index (χ0) is 15.0. The van der Waals surface area contributed by atoms with Gasteiger partial charge in [-0.3, -0.25) is 4.79 Å². The number of carbonyl (C=O) groups is 1. The first-order valence-electron chi connectivity index (χ1n) is 6.11. The van der Waals surface area contributed by atoms with Crippen molar-refractivity contribution in [3.8, 4) is 11.1 Å². The second-order valence-corrected chi connectivity index (χ2v) is 4.47. The Labute approximate surface area is 118 Å². The van der Waals surface area contributed by atoms with Crippen molar-refractivity contribution in [3.63, 3.8) is 0 Å². The highest BCUT2D eigenvalue weighted by Crippen LogP contribution is 2.20. The number of aromatic carboxylic acids is 1. The third kappa shape index (κ3) is 2.12. The minimum atomic E-state index is -1.17. The smallest absolute Gasteiger partial charge is 0.354 e. The normalized spacial score (nSPS) is 10.7. The summed E-state index contributed by atoms with van der Waals surface area (Å²) in [5, 5.41) is 19.3. The van der Waals surface area contributed by atoms with Crippen LogP contribution in [-0.4, -0.2) is 26.0 Å². The predicted octanol–water partition coefficient (Wildman–Crippen LogP) is 2.00. The maximum atomic E-state index is 12.2. The molecule has 104 valence electrons. The van der Waals surface area contributed by atoms with Gasteiger partial charge in [-0.2, -0.15) is 0 Å². The van der Waals surface area contributed by atoms with Crippen LogP contribution < -0.4 is 5.56 Å². The predicted molar refractivity (Wildman–Crippen MR) is 75.6 cm³/mol. The van der Waals surface area contributed by atoms with E-state index in [1.807, 2.05) is 6.07 Å². The molecular weight excluding hydrogens is 272 g/mol. The van der Waals surface area contributed by atoms with Crippen molar-refractivity contribution < 1.29 is 15.1 Å². The van der Waals surface area contributed by atoms with Gasteiger partial charge in [0.1, 0.15) is 11.2 Å². The molecule has 0 aliphatic carbocycles. The molecule has 2 N–H and O–H groups in total. The number of hydrogen-bond acceptors (Lipinski definition) is 4. The van der Waals surface area contributed by atoms with E-state index in [9.17, 15) is 14.8 Å². The number of carboxylic acid groups (broad SMARTS) is 1. The molecule has 0 aliphatic rings. The van der Waals surface area contributed by atoms with Crippen LogP contribution in [0.2, 0.25) is 0 Å². The highest BCUT2D eigenvalue weighted by Gasteiger charge is 2.13. The Morgan fingerprint density at radius 2 is 1.86 bits per heavy atom. The fourth-order valence-corrected chi connectivity index (χ4v) is 2.14. The number of benzene rings is 1. The summed E-state index contributed by atoms with van der Waals surface area (Å²) in [6.45, 7) is 0. The van der Waals surface area contributed by atoms with Gasteiger partial charge in [-0.25, -0.2) is 9.78 Å². The first-order chi connectivity index (χ1) is 10.1. The van der Waals surface area contributed by atoms with E-state index in [0.29, 0.717) is 15.7 Å². The summed E-state index contributed by atoms with van der Waals surface area (Å²) < 4.78 is 0.482. The Morgan fingerprint density at radius 1 is 1.14 bits per heavy atom. The van der Waals surface area contributed by atoms with Crippen LogP contribution in [0.4, 0.5) is 0 Å². The van der Waals surface area contributed by atoms with Gasteiger partial charge in [-0.05, 0) is 17.7 Å². The Bertz CT molecular complexity index is 901. The fraction of sp³-hybridized carbons (Fsp3) is 0. The number of hydrogen-bond donors (Lipinski definition) is 2. The lowest BCUT2D eigenvalue weighted by Crippen LogP contribution is -2.20. The first kappa shape index (κ1) is 12.9. The van der Waals surface area contributed by atoms with Gasteiger partial charge < -0.3 is 10.3 Å². The highest BCUT2D eigenvalue weighted by atomic mass is 16.5. The Hall–Kier alpha value is -3.15. The molecule has 0 aliphatic heterocycles. The molecule has 6 nitrogen and oxygen atoms in total. The minimum Gasteiger partial charge on any atom is -0.477 e. The molecule has 0 amide bonds. The Kier molecular flexibility index (Phi) is 2.91. The van der Waals surface area contributed by atoms with Crippen LogP contribution in [0.5, 0.6) is 0 Å². The van der Waals surface area contributed by atoms with Crippen molar-refractivity contribution in [1.29, 1.82) is 0 Å². The summed E-state index contributed by atoms with van der Waals surface area (Å²) in [4.78, 5) is 26.8. The molecule has 2 aromatic heterocycles. The van der Waals surface area contributed by atoms with Crippen LogP contribution in [0.25, 0.3) is 22.0 Å². The van der Waals surface area contributed by atoms with Gasteiger partial charge in [0, 0.05) is 5.39 Å². The van der Waals surface area contributed by atoms with Gasteiger partial charge in [0.05, 0.1) is 11.8 Å². The number of fused-ring (bicyclic) bond motifs is 1. The van der Waals surface area contributed by atoms with Crippen LogP contribution in [0.15, 0.2) is 53.5 Å². The Balaban J connectivity index is 2.34. The fourth-order valence-electron chi connectivity index (χ4n) is 2.14. The summed E-state index contributed by atoms with van der Waals surface area (Å²) in [6.07, 6.45) is 1.16. The SMILES string of the molecule is O=C(O)c1cc2cc(-c3ccccc3)c(=O)n(O)c2cn1. The first-order valence-corrected chi connectivity index (χ1v) is 6.11. The van der Waals surface area contributed by atoms with Crippen LogP contribution >= 0.6 is 0 Å². The standard InChI is InChI=1S/C15H10N2O4/c18-14-11(9-4-2-1-3-5-9)6-10-7-12(15(19)20)16-8-13(10)17(14)21/h1-8,21H,(H,19,20). The van der Waals surface area contributed by atoms with Gasteiger partial charge in [-0.1, -0.05) is 30.3 Å². The van der Waals surface area contributed by atoms with Gasteiger partial charge >= 0.3 is 5.97 Å². The summed E-state index contributed by atoms with van der Waals surface area (Å²) >= 11 is 0. The summed E-state index contributed by atoms with van der Waals surface area (Å²) in [7, 11) is 0. The number of aromatic nitrogens is 2. The zero-order valence-corrected chi connectivity index (χ0v) is 10.7. The van der Waals surface area contributed by atoms with Crippen LogP contribution in [-0.2, 0) is 0 Å². The average molecular weight is 282 g/mol. The molecule has 0 fully saturated rings. The van der Waals surface area contributed by atoms with E-state index in [1.54, 1.807) is 30.3 Å². The van der Waals surface area contributed by atoms with Gasteiger partial charge in [-0.15, -0.1) is 4.73 Å². The lowest BCUT2D eigenvalue weighted by Gasteiger charge is -2.07. The van der Waals surface area contributed by atoms with E-state index < -0.39 is 11.5 Å². The zero-order valence-electron chi connectivity index (χ0n) is 10.7. The molecule has 2 heterocycles. The van der Waals surface area contributed by atoms with Crippen molar-refractivity contribution in [3.05, 3.63) is 64.7 Å². The summed E-state index contributed by atoms with van der Waals surface area (Å²) in [5.74, 6) is -1.17. The number of rotatable bonds is 2. The number of nitrogens with zero attached hydrogens (tertiary/aromatic N) is 2. The van der Waals surface area contributed by atoms with E-state index in [-0.39, 0.29) is 16.8 Å². The summed E-state index contributed by atoms with van der Waals surface area (Å²) in [6, 6.07) is 11.7. The van der Waals surface area contributed by atoms with Crippen molar-refractivity contribution >= 4 is 16.9 Å². The van der Waals surface area contributed by atoms with Crippen LogP contribution in [0, 0.1) is 0 Å². The third-order valence-electron chi connectivity index (χ3n) is 3.17. The van der Waals surface area contributed by atoms with Crippen LogP contribution in [0.1, 0.15) is 10.5 Å². The van der Waals surface area contributed by atoms with E-state index in [2.05, 4.69) is 4.98 Å². The molecule has 0 saturated heterocycles. The van der Waals surface area contributed by atoms with Crippen molar-refractivity contribution in [2.24, 2.45) is 0 Å². The third-order valence-corrected chi connectivity index (χ3v) is 3.17. The van der Waals surface area contributed by atoms with Gasteiger partial charge in [0.15, 0.2) is 0 Å². The van der Waals surface area contributed by atoms with Crippen molar-refractivity contribution in [1.82, 2.24) is 9.71 Å². The second-order valence-electron chi connectivity index (χ2n) is 4.47. The van der Waals surface area contributed by atoms with Gasteiger partial charge in [0.2, 0.25) is 0 Å². The van der Waals surface area contributed by atoms with Gasteiger partial charge in [0.25, 0.3) is 5.56 Å². The topological polar surface area (TPSA) is 92.4 Å². The molecule has 0 unspecified atom stereocenters. The highest BCUT2D eigenvalue weighted by molar-refractivity contribution is 5.92. The average Bonchev–Trinajstić information content (AvgIpc) is 2.51. The monoisotopic (exact) mass is 282 g/mol. The molecule has 3 aromatic rings. The quantitative estimate of drug-likeness (QED) is 0.701. The molecule has 0 saturated carbocycles. The second kappa shape index (κ2) is 4.75. The molecule has 0 radical (unpaired) electrons. The maximum Gasteiger partial charge on any atom is 0.354 e. The molecule has 21 heavy (non-hydrogen) atoms. The number of carboxylic acids is 1. The molecule has 0 bridgehead atoms. The van der Waals surface area contributed by atoms with E-state index in [0.717, 1.165) is 6.20 Å². The molecule has 0 spiro atoms. The van der Waals surface area contributed by atoms with Crippen molar-refractivity contribution in [2.45, 2.75) is 0 Å². The van der Waals surface area contributed by atoms with Crippen molar-refractivity contribution in [2.75, 3.05) is 0 Å². The maximum absolute atomic E-state index is 12.2. The van der Waals surface area contributed by atoms with E-state index in [1.165, 1.54) is 6.07 Å². The molecule has 0 atom stereocenters. The molecule has 1 aromatic carbocycles. The Morgan fingerprint density at radius 3 is 2.52 bits per heavy atom. The molecular formula is C15H10N2O4. The van der Waals surface area contributed by atoms with E-state index >= 15 is 0 Å². The van der Waals surface area contributed by atoms with E-state index in [4.69, 9.17) is 5.11 Å². The lowest BCUT2D eigenvalue weighted by molar-refractivity contribution is 0.0690. The number of pyridine rings is 2. The minimum absolute atomic E-state index is 0.153. The molecule has 6 heteroatoms. The summed E-state index contributed by atoms with van der Waals surface area (Å²) in [5.41, 5.74) is 0.345. The lowest BCUT2D eigenvalue weighted by atomic mass is 10.1.